The number of fused-ring (bicyclic) bond motifs is 1. The van der Waals surface area contributed by atoms with E-state index < -0.39 is 5.91 Å². The molecule has 116 valence electrons. The van der Waals surface area contributed by atoms with Gasteiger partial charge >= 0.3 is 0 Å². The van der Waals surface area contributed by atoms with Crippen molar-refractivity contribution < 1.29 is 4.79 Å². The smallest absolute Gasteiger partial charge is 0.252 e. The third-order valence-corrected chi connectivity index (χ3v) is 4.87. The van der Waals surface area contributed by atoms with Gasteiger partial charge in [0.25, 0.3) is 5.91 Å². The number of hydrogen-bond acceptors (Lipinski definition) is 2. The van der Waals surface area contributed by atoms with E-state index >= 15 is 0 Å². The molecule has 1 atom stereocenters. The minimum Gasteiger partial charge on any atom is -0.365 e. The lowest BCUT2D eigenvalue weighted by Crippen LogP contribution is -2.14. The maximum Gasteiger partial charge on any atom is 0.252 e. The zero-order chi connectivity index (χ0) is 16.2. The fourth-order valence-electron chi connectivity index (χ4n) is 4.13. The van der Waals surface area contributed by atoms with Crippen LogP contribution in [0.25, 0.3) is 11.3 Å². The molecule has 22 heavy (non-hydrogen) atoms. The van der Waals surface area contributed by atoms with Crippen molar-refractivity contribution in [3.63, 3.8) is 0 Å². The highest BCUT2D eigenvalue weighted by Crippen LogP contribution is 2.49. The van der Waals surface area contributed by atoms with Gasteiger partial charge in [0.05, 0.1) is 17.0 Å². The number of rotatable bonds is 2. The Morgan fingerprint density at radius 1 is 1.41 bits per heavy atom. The fraction of sp³-hybridized carbons (Fsp3) is 0.444. The van der Waals surface area contributed by atoms with Gasteiger partial charge in [0, 0.05) is 12.6 Å². The molecular formula is C18H23N3O. The number of carbonyl (C=O) groups is 1. The summed E-state index contributed by atoms with van der Waals surface area (Å²) in [6.45, 7) is 8.65. The second-order valence-electron chi connectivity index (χ2n) is 7.05. The molecule has 0 aliphatic heterocycles. The number of aryl methyl sites for hydroxylation is 2. The molecular weight excluding hydrogens is 274 g/mol. The molecule has 1 aromatic heterocycles. The van der Waals surface area contributed by atoms with Crippen molar-refractivity contribution in [2.75, 3.05) is 0 Å². The van der Waals surface area contributed by atoms with Gasteiger partial charge in [0.15, 0.2) is 0 Å². The van der Waals surface area contributed by atoms with E-state index in [-0.39, 0.29) is 5.41 Å². The first-order valence-electron chi connectivity index (χ1n) is 7.71. The zero-order valence-corrected chi connectivity index (χ0v) is 13.9. The number of aromatic nitrogens is 2. The van der Waals surface area contributed by atoms with Gasteiger partial charge in [-0.25, -0.2) is 0 Å². The van der Waals surface area contributed by atoms with E-state index in [0.717, 1.165) is 17.7 Å². The summed E-state index contributed by atoms with van der Waals surface area (Å²) >= 11 is 0. The molecule has 1 aromatic carbocycles. The third-order valence-electron chi connectivity index (χ3n) is 4.87. The normalized spacial score (nSPS) is 19.2. The zero-order valence-electron chi connectivity index (χ0n) is 13.9. The summed E-state index contributed by atoms with van der Waals surface area (Å²) < 4.78 is 1.78. The largest absolute Gasteiger partial charge is 0.365 e. The molecule has 3 rings (SSSR count). The molecule has 0 unspecified atom stereocenters. The molecule has 0 fully saturated rings. The molecule has 1 heterocycles. The van der Waals surface area contributed by atoms with E-state index in [1.807, 2.05) is 14.0 Å². The molecule has 4 nitrogen and oxygen atoms in total. The maximum atomic E-state index is 11.9. The van der Waals surface area contributed by atoms with Crippen molar-refractivity contribution in [1.29, 1.82) is 0 Å². The molecule has 1 aliphatic carbocycles. The van der Waals surface area contributed by atoms with Gasteiger partial charge in [-0.3, -0.25) is 9.48 Å². The van der Waals surface area contributed by atoms with Gasteiger partial charge in [-0.05, 0) is 35.8 Å². The molecule has 0 spiro atoms. The van der Waals surface area contributed by atoms with Crippen LogP contribution in [0.2, 0.25) is 0 Å². The highest BCUT2D eigenvalue weighted by molar-refractivity contribution is 6.00. The molecule has 4 heteroatoms. The Bertz CT molecular complexity index is 771. The van der Waals surface area contributed by atoms with E-state index in [9.17, 15) is 4.79 Å². The van der Waals surface area contributed by atoms with Crippen LogP contribution in [0.15, 0.2) is 18.2 Å². The van der Waals surface area contributed by atoms with Crippen LogP contribution in [0.3, 0.4) is 0 Å². The molecule has 0 saturated carbocycles. The SMILES string of the molecule is Cc1nn(C)c(-c2cccc3c2[C@H](C)CC3(C)C)c1C(N)=O. The molecule has 1 aliphatic rings. The van der Waals surface area contributed by atoms with Crippen molar-refractivity contribution in [2.45, 2.75) is 45.4 Å². The van der Waals surface area contributed by atoms with Gasteiger partial charge in [-0.2, -0.15) is 5.10 Å². The lowest BCUT2D eigenvalue weighted by Gasteiger charge is -2.19. The molecule has 2 N–H and O–H groups in total. The highest BCUT2D eigenvalue weighted by Gasteiger charge is 2.37. The van der Waals surface area contributed by atoms with Crippen LogP contribution >= 0.6 is 0 Å². The fourth-order valence-corrected chi connectivity index (χ4v) is 4.13. The highest BCUT2D eigenvalue weighted by atomic mass is 16.1. The van der Waals surface area contributed by atoms with Gasteiger partial charge in [0.1, 0.15) is 0 Å². The topological polar surface area (TPSA) is 60.9 Å². The maximum absolute atomic E-state index is 11.9. The number of amides is 1. The summed E-state index contributed by atoms with van der Waals surface area (Å²) in [7, 11) is 1.87. The quantitative estimate of drug-likeness (QED) is 0.924. The minimum atomic E-state index is -0.414. The Morgan fingerprint density at radius 2 is 2.09 bits per heavy atom. The number of nitrogens with two attached hydrogens (primary N) is 1. The predicted molar refractivity (Wildman–Crippen MR) is 88.0 cm³/mol. The minimum absolute atomic E-state index is 0.158. The van der Waals surface area contributed by atoms with Crippen molar-refractivity contribution in [3.8, 4) is 11.3 Å². The second-order valence-corrected chi connectivity index (χ2v) is 7.05. The van der Waals surface area contributed by atoms with Crippen LogP contribution < -0.4 is 5.73 Å². The van der Waals surface area contributed by atoms with Crippen LogP contribution in [0.4, 0.5) is 0 Å². The van der Waals surface area contributed by atoms with Crippen LogP contribution in [0.1, 0.15) is 60.3 Å². The Balaban J connectivity index is 2.34. The van der Waals surface area contributed by atoms with Crippen molar-refractivity contribution in [1.82, 2.24) is 9.78 Å². The summed E-state index contributed by atoms with van der Waals surface area (Å²) in [5.74, 6) is 0.0419. The van der Waals surface area contributed by atoms with Crippen molar-refractivity contribution in [3.05, 3.63) is 40.6 Å². The Kier molecular flexibility index (Phi) is 3.17. The monoisotopic (exact) mass is 297 g/mol. The van der Waals surface area contributed by atoms with E-state index in [1.165, 1.54) is 11.1 Å². The number of carbonyl (C=O) groups excluding carboxylic acids is 1. The Morgan fingerprint density at radius 3 is 2.73 bits per heavy atom. The number of primary amides is 1. The van der Waals surface area contributed by atoms with Gasteiger partial charge in [-0.1, -0.05) is 39.0 Å². The molecule has 1 amide bonds. The predicted octanol–water partition coefficient (Wildman–Crippen LogP) is 3.28. The summed E-state index contributed by atoms with van der Waals surface area (Å²) in [5.41, 5.74) is 11.6. The number of nitrogens with zero attached hydrogens (tertiary/aromatic N) is 2. The van der Waals surface area contributed by atoms with E-state index in [4.69, 9.17) is 5.73 Å². The van der Waals surface area contributed by atoms with E-state index in [2.05, 4.69) is 44.1 Å². The molecule has 2 aromatic rings. The van der Waals surface area contributed by atoms with Gasteiger partial charge in [-0.15, -0.1) is 0 Å². The molecule has 0 radical (unpaired) electrons. The average molecular weight is 297 g/mol. The Hall–Kier alpha value is -2.10. The van der Waals surface area contributed by atoms with E-state index in [1.54, 1.807) is 4.68 Å². The molecule has 0 bridgehead atoms. The van der Waals surface area contributed by atoms with Crippen LogP contribution in [-0.4, -0.2) is 15.7 Å². The average Bonchev–Trinajstić information content (AvgIpc) is 2.83. The Labute approximate surface area is 131 Å². The summed E-state index contributed by atoms with van der Waals surface area (Å²) in [5, 5.41) is 4.41. The number of benzene rings is 1. The first kappa shape index (κ1) is 14.8. The second kappa shape index (κ2) is 4.70. The third kappa shape index (κ3) is 1.97. The summed E-state index contributed by atoms with van der Waals surface area (Å²) in [6.07, 6.45) is 1.11. The molecule has 0 saturated heterocycles. The summed E-state index contributed by atoms with van der Waals surface area (Å²) in [4.78, 5) is 11.9. The van der Waals surface area contributed by atoms with E-state index in [0.29, 0.717) is 17.2 Å². The van der Waals surface area contributed by atoms with Gasteiger partial charge < -0.3 is 5.73 Å². The van der Waals surface area contributed by atoms with Crippen molar-refractivity contribution >= 4 is 5.91 Å². The van der Waals surface area contributed by atoms with Crippen LogP contribution in [-0.2, 0) is 12.5 Å². The lowest BCUT2D eigenvalue weighted by molar-refractivity contribution is 0.100. The lowest BCUT2D eigenvalue weighted by atomic mass is 9.85. The van der Waals surface area contributed by atoms with Crippen LogP contribution in [0.5, 0.6) is 0 Å². The summed E-state index contributed by atoms with van der Waals surface area (Å²) in [6, 6.07) is 6.36. The van der Waals surface area contributed by atoms with Crippen LogP contribution in [0, 0.1) is 6.92 Å². The standard InChI is InChI=1S/C18H23N3O/c1-10-9-18(3,4)13-8-6-7-12(14(10)13)16-15(17(19)22)11(2)20-21(16)5/h6-8,10H,9H2,1-5H3,(H2,19,22)/t10-/m1/s1. The van der Waals surface area contributed by atoms with Crippen molar-refractivity contribution in [2.24, 2.45) is 12.8 Å². The first-order chi connectivity index (χ1) is 10.2. The van der Waals surface area contributed by atoms with Gasteiger partial charge in [0.2, 0.25) is 0 Å². The first-order valence-corrected chi connectivity index (χ1v) is 7.71. The number of hydrogen-bond donors (Lipinski definition) is 1.